The third-order valence-corrected chi connectivity index (χ3v) is 4.06. The van der Waals surface area contributed by atoms with Crippen molar-refractivity contribution in [3.63, 3.8) is 0 Å². The first-order chi connectivity index (χ1) is 10.7. The minimum Gasteiger partial charge on any atom is -0.469 e. The van der Waals surface area contributed by atoms with Gasteiger partial charge in [-0.25, -0.2) is 0 Å². The molecule has 22 heavy (non-hydrogen) atoms. The lowest BCUT2D eigenvalue weighted by Crippen LogP contribution is -2.10. The van der Waals surface area contributed by atoms with Gasteiger partial charge < -0.3 is 10.5 Å². The summed E-state index contributed by atoms with van der Waals surface area (Å²) in [5.74, 6) is 1.20. The van der Waals surface area contributed by atoms with Gasteiger partial charge >= 0.3 is 5.97 Å². The van der Waals surface area contributed by atoms with E-state index in [1.165, 1.54) is 24.4 Å². The Morgan fingerprint density at radius 3 is 2.68 bits per heavy atom. The Kier molecular flexibility index (Phi) is 5.97. The van der Waals surface area contributed by atoms with Gasteiger partial charge in [0.1, 0.15) is 5.82 Å². The monoisotopic (exact) mass is 320 g/mol. The third-order valence-electron chi connectivity index (χ3n) is 3.13. The molecule has 1 heterocycles. The summed E-state index contributed by atoms with van der Waals surface area (Å²) >= 11 is 1.48. The number of hydrogen-bond donors (Lipinski definition) is 1. The highest BCUT2D eigenvalue weighted by molar-refractivity contribution is 7.99. The second-order valence-corrected chi connectivity index (χ2v) is 5.85. The highest BCUT2D eigenvalue weighted by Crippen LogP contribution is 2.23. The van der Waals surface area contributed by atoms with Crippen molar-refractivity contribution in [1.82, 2.24) is 14.8 Å². The summed E-state index contributed by atoms with van der Waals surface area (Å²) < 4.78 is 6.64. The van der Waals surface area contributed by atoms with Crippen LogP contribution in [0.15, 0.2) is 29.4 Å². The molecule has 0 aliphatic carbocycles. The minimum absolute atomic E-state index is 0.226. The van der Waals surface area contributed by atoms with Crippen LogP contribution < -0.4 is 5.73 Å². The SMILES string of the molecule is COC(=O)CCSc1nnc(CCN)n1-c1ccc(C)cc1. The summed E-state index contributed by atoms with van der Waals surface area (Å²) in [4.78, 5) is 11.2. The number of methoxy groups -OCH3 is 1. The molecule has 2 aromatic rings. The summed E-state index contributed by atoms with van der Waals surface area (Å²) in [5, 5.41) is 9.20. The van der Waals surface area contributed by atoms with Crippen LogP contribution in [-0.2, 0) is 16.0 Å². The number of aryl methyl sites for hydroxylation is 1. The van der Waals surface area contributed by atoms with Gasteiger partial charge in [-0.3, -0.25) is 9.36 Å². The van der Waals surface area contributed by atoms with Crippen molar-refractivity contribution in [3.05, 3.63) is 35.7 Å². The number of carbonyl (C=O) groups is 1. The minimum atomic E-state index is -0.226. The molecule has 0 saturated heterocycles. The van der Waals surface area contributed by atoms with Crippen molar-refractivity contribution < 1.29 is 9.53 Å². The van der Waals surface area contributed by atoms with Gasteiger partial charge in [-0.15, -0.1) is 10.2 Å². The van der Waals surface area contributed by atoms with Crippen molar-refractivity contribution in [1.29, 1.82) is 0 Å². The molecule has 0 amide bonds. The van der Waals surface area contributed by atoms with Gasteiger partial charge in [0.2, 0.25) is 0 Å². The first-order valence-electron chi connectivity index (χ1n) is 7.06. The second kappa shape index (κ2) is 7.95. The van der Waals surface area contributed by atoms with Gasteiger partial charge in [0, 0.05) is 17.9 Å². The fourth-order valence-electron chi connectivity index (χ4n) is 1.97. The van der Waals surface area contributed by atoms with Crippen molar-refractivity contribution >= 4 is 17.7 Å². The predicted molar refractivity (Wildman–Crippen MR) is 86.2 cm³/mol. The number of ether oxygens (including phenoxy) is 1. The fraction of sp³-hybridized carbons (Fsp3) is 0.400. The summed E-state index contributed by atoms with van der Waals surface area (Å²) in [6.45, 7) is 2.56. The van der Waals surface area contributed by atoms with Crippen molar-refractivity contribution in [2.45, 2.75) is 24.9 Å². The molecule has 0 atom stereocenters. The van der Waals surface area contributed by atoms with Gasteiger partial charge in [-0.1, -0.05) is 29.5 Å². The lowest BCUT2D eigenvalue weighted by atomic mass is 10.2. The van der Waals surface area contributed by atoms with Gasteiger partial charge in [0.15, 0.2) is 5.16 Å². The molecule has 1 aromatic carbocycles. The largest absolute Gasteiger partial charge is 0.469 e. The summed E-state index contributed by atoms with van der Waals surface area (Å²) in [5.41, 5.74) is 7.84. The Hall–Kier alpha value is -1.86. The average Bonchev–Trinajstić information content (AvgIpc) is 2.91. The number of hydrogen-bond acceptors (Lipinski definition) is 6. The number of nitrogens with two attached hydrogens (primary N) is 1. The zero-order valence-corrected chi connectivity index (χ0v) is 13.6. The van der Waals surface area contributed by atoms with Gasteiger partial charge in [0.05, 0.1) is 13.5 Å². The van der Waals surface area contributed by atoms with Crippen LogP contribution in [0.5, 0.6) is 0 Å². The number of nitrogens with zero attached hydrogens (tertiary/aromatic N) is 3. The van der Waals surface area contributed by atoms with Crippen LogP contribution in [0.2, 0.25) is 0 Å². The molecule has 0 aliphatic rings. The Morgan fingerprint density at radius 2 is 2.05 bits per heavy atom. The first kappa shape index (κ1) is 16.5. The van der Waals surface area contributed by atoms with E-state index in [0.29, 0.717) is 25.1 Å². The van der Waals surface area contributed by atoms with E-state index in [0.717, 1.165) is 16.7 Å². The first-order valence-corrected chi connectivity index (χ1v) is 8.05. The van der Waals surface area contributed by atoms with Crippen LogP contribution in [0.4, 0.5) is 0 Å². The maximum absolute atomic E-state index is 11.2. The molecule has 0 spiro atoms. The molecule has 7 heteroatoms. The van der Waals surface area contributed by atoms with E-state index in [2.05, 4.69) is 14.9 Å². The molecular weight excluding hydrogens is 300 g/mol. The number of carbonyl (C=O) groups excluding carboxylic acids is 1. The zero-order chi connectivity index (χ0) is 15.9. The summed E-state index contributed by atoms with van der Waals surface area (Å²) in [6.07, 6.45) is 0.993. The van der Waals surface area contributed by atoms with Crippen molar-refractivity contribution in [2.75, 3.05) is 19.4 Å². The number of thioether (sulfide) groups is 1. The van der Waals surface area contributed by atoms with Crippen LogP contribution in [0.1, 0.15) is 17.8 Å². The van der Waals surface area contributed by atoms with E-state index >= 15 is 0 Å². The number of esters is 1. The molecule has 0 unspecified atom stereocenters. The highest BCUT2D eigenvalue weighted by Gasteiger charge is 2.14. The van der Waals surface area contributed by atoms with E-state index in [1.807, 2.05) is 35.8 Å². The van der Waals surface area contributed by atoms with E-state index < -0.39 is 0 Å². The molecule has 0 fully saturated rings. The Labute approximate surface area is 134 Å². The van der Waals surface area contributed by atoms with Crippen LogP contribution in [0.25, 0.3) is 5.69 Å². The van der Waals surface area contributed by atoms with E-state index in [9.17, 15) is 4.79 Å². The summed E-state index contributed by atoms with van der Waals surface area (Å²) in [6, 6.07) is 8.15. The third kappa shape index (κ3) is 4.08. The van der Waals surface area contributed by atoms with E-state index in [1.54, 1.807) is 0 Å². The standard InChI is InChI=1S/C15H20N4O2S/c1-11-3-5-12(6-4-11)19-13(7-9-16)17-18-15(19)22-10-8-14(20)21-2/h3-6H,7-10,16H2,1-2H3. The molecule has 0 radical (unpaired) electrons. The second-order valence-electron chi connectivity index (χ2n) is 4.78. The molecule has 0 saturated carbocycles. The number of rotatable bonds is 7. The maximum Gasteiger partial charge on any atom is 0.306 e. The van der Waals surface area contributed by atoms with Crippen molar-refractivity contribution in [3.8, 4) is 5.69 Å². The van der Waals surface area contributed by atoms with E-state index in [4.69, 9.17) is 5.73 Å². The predicted octanol–water partition coefficient (Wildman–Crippen LogP) is 1.73. The van der Waals surface area contributed by atoms with Crippen molar-refractivity contribution in [2.24, 2.45) is 5.73 Å². The normalized spacial score (nSPS) is 10.7. The quantitative estimate of drug-likeness (QED) is 0.618. The van der Waals surface area contributed by atoms with Crippen LogP contribution in [0.3, 0.4) is 0 Å². The lowest BCUT2D eigenvalue weighted by Gasteiger charge is -2.10. The smallest absolute Gasteiger partial charge is 0.306 e. The molecule has 2 rings (SSSR count). The fourth-order valence-corrected chi connectivity index (χ4v) is 2.86. The number of benzene rings is 1. The zero-order valence-electron chi connectivity index (χ0n) is 12.8. The molecule has 6 nitrogen and oxygen atoms in total. The molecule has 1 aromatic heterocycles. The van der Waals surface area contributed by atoms with Crippen LogP contribution >= 0.6 is 11.8 Å². The molecule has 2 N–H and O–H groups in total. The highest BCUT2D eigenvalue weighted by atomic mass is 32.2. The Balaban J connectivity index is 2.22. The molecule has 0 aliphatic heterocycles. The maximum atomic E-state index is 11.2. The van der Waals surface area contributed by atoms with Gasteiger partial charge in [0.25, 0.3) is 0 Å². The van der Waals surface area contributed by atoms with Gasteiger partial charge in [-0.2, -0.15) is 0 Å². The Morgan fingerprint density at radius 1 is 1.32 bits per heavy atom. The van der Waals surface area contributed by atoms with Crippen LogP contribution in [0, 0.1) is 6.92 Å². The van der Waals surface area contributed by atoms with Crippen LogP contribution in [-0.4, -0.2) is 40.1 Å². The van der Waals surface area contributed by atoms with Gasteiger partial charge in [-0.05, 0) is 25.6 Å². The average molecular weight is 320 g/mol. The van der Waals surface area contributed by atoms with E-state index in [-0.39, 0.29) is 5.97 Å². The topological polar surface area (TPSA) is 83.0 Å². The Bertz CT molecular complexity index is 625. The molecular formula is C15H20N4O2S. The number of aromatic nitrogens is 3. The molecule has 118 valence electrons. The lowest BCUT2D eigenvalue weighted by molar-refractivity contribution is -0.140. The summed E-state index contributed by atoms with van der Waals surface area (Å²) in [7, 11) is 1.39. The molecule has 0 bridgehead atoms.